The van der Waals surface area contributed by atoms with Crippen LogP contribution >= 0.6 is 23.1 Å². The van der Waals surface area contributed by atoms with Crippen LogP contribution in [0.3, 0.4) is 0 Å². The molecule has 3 rings (SSSR count). The number of aryl methyl sites for hydroxylation is 1. The van der Waals surface area contributed by atoms with E-state index in [0.717, 1.165) is 16.3 Å². The van der Waals surface area contributed by atoms with E-state index in [1.165, 1.54) is 34.0 Å². The number of halogens is 3. The number of aromatic nitrogens is 3. The number of alkyl halides is 3. The highest BCUT2D eigenvalue weighted by Crippen LogP contribution is 2.43. The lowest BCUT2D eigenvalue weighted by Gasteiger charge is -2.18. The average Bonchev–Trinajstić information content (AvgIpc) is 3.25. The van der Waals surface area contributed by atoms with E-state index in [2.05, 4.69) is 10.1 Å². The fourth-order valence-electron chi connectivity index (χ4n) is 2.75. The monoisotopic (exact) mass is 470 g/mol. The molecule has 6 nitrogen and oxygen atoms in total. The largest absolute Gasteiger partial charge is 0.442 e. The number of nitrogens with zero attached hydrogens (tertiary/aromatic N) is 3. The molecule has 0 aliphatic rings. The Kier molecular flexibility index (Phi) is 6.38. The van der Waals surface area contributed by atoms with Crippen molar-refractivity contribution in [2.75, 3.05) is 0 Å². The highest BCUT2D eigenvalue weighted by molar-refractivity contribution is 8.01. The third-order valence-electron chi connectivity index (χ3n) is 4.17. The van der Waals surface area contributed by atoms with Gasteiger partial charge in [0.15, 0.2) is 0 Å². The summed E-state index contributed by atoms with van der Waals surface area (Å²) in [5.41, 5.74) is 5.64. The number of hydrogen-bond acceptors (Lipinski definition) is 6. The van der Waals surface area contributed by atoms with Gasteiger partial charge in [-0.2, -0.15) is 18.3 Å². The van der Waals surface area contributed by atoms with Crippen LogP contribution in [0.15, 0.2) is 39.7 Å². The van der Waals surface area contributed by atoms with E-state index in [4.69, 9.17) is 10.5 Å². The summed E-state index contributed by atoms with van der Waals surface area (Å²) in [6, 6.07) is 3.93. The molecule has 0 saturated heterocycles. The Morgan fingerprint density at radius 2 is 1.94 bits per heavy atom. The van der Waals surface area contributed by atoms with Gasteiger partial charge in [0.05, 0.1) is 21.7 Å². The topological polar surface area (TPSA) is 83.0 Å². The SMILES string of the molecule is Cn1cc(-c2cc(Sc3sc(COC(N)=O)nc3C(C)(C)C)cc(C(F)(F)F)c2)cn1. The van der Waals surface area contributed by atoms with Crippen LogP contribution in [0.5, 0.6) is 0 Å². The number of carbonyl (C=O) groups excluding carboxylic acids is 1. The number of thiazole rings is 1. The highest BCUT2D eigenvalue weighted by Gasteiger charge is 2.32. The predicted octanol–water partition coefficient (Wildman–Crippen LogP) is 5.61. The molecule has 0 aliphatic heterocycles. The van der Waals surface area contributed by atoms with Gasteiger partial charge in [-0.25, -0.2) is 9.78 Å². The van der Waals surface area contributed by atoms with E-state index < -0.39 is 17.8 Å². The predicted molar refractivity (Wildman–Crippen MR) is 113 cm³/mol. The normalized spacial score (nSPS) is 12.2. The molecule has 0 fully saturated rings. The number of primary amides is 1. The third-order valence-corrected chi connectivity index (χ3v) is 6.34. The lowest BCUT2D eigenvalue weighted by molar-refractivity contribution is -0.137. The van der Waals surface area contributed by atoms with Gasteiger partial charge < -0.3 is 10.5 Å². The number of ether oxygens (including phenoxy) is 1. The summed E-state index contributed by atoms with van der Waals surface area (Å²) in [6.45, 7) is 5.78. The van der Waals surface area contributed by atoms with Gasteiger partial charge in [-0.3, -0.25) is 4.68 Å². The molecule has 11 heteroatoms. The molecule has 1 amide bonds. The van der Waals surface area contributed by atoms with Crippen molar-refractivity contribution in [3.05, 3.63) is 46.9 Å². The number of nitrogens with two attached hydrogens (primary N) is 1. The molecule has 0 aliphatic carbocycles. The van der Waals surface area contributed by atoms with E-state index in [9.17, 15) is 18.0 Å². The molecule has 0 bridgehead atoms. The summed E-state index contributed by atoms with van der Waals surface area (Å²) in [5.74, 6) is 0. The standard InChI is InChI=1S/C20H21F3N4O2S2/c1-19(2,3)16-17(31-15(26-16)10-29-18(24)28)30-14-6-11(12-8-25-27(4)9-12)5-13(7-14)20(21,22)23/h5-9H,10H2,1-4H3,(H2,24,28). The first-order chi connectivity index (χ1) is 14.3. The molecule has 3 aromatic rings. The van der Waals surface area contributed by atoms with Crippen molar-refractivity contribution in [3.8, 4) is 11.1 Å². The van der Waals surface area contributed by atoms with Gasteiger partial charge in [-0.1, -0.05) is 32.5 Å². The van der Waals surface area contributed by atoms with Gasteiger partial charge in [-0.05, 0) is 23.8 Å². The maximum absolute atomic E-state index is 13.6. The molecule has 0 unspecified atom stereocenters. The molecule has 0 atom stereocenters. The summed E-state index contributed by atoms with van der Waals surface area (Å²) in [6.07, 6.45) is -2.22. The van der Waals surface area contributed by atoms with Crippen LogP contribution < -0.4 is 5.73 Å². The Labute approximate surface area is 185 Å². The Bertz CT molecular complexity index is 1100. The first-order valence-electron chi connectivity index (χ1n) is 9.14. The second-order valence-electron chi connectivity index (χ2n) is 7.85. The lowest BCUT2D eigenvalue weighted by Crippen LogP contribution is -2.14. The molecule has 2 N–H and O–H groups in total. The number of rotatable bonds is 5. The second kappa shape index (κ2) is 8.54. The first kappa shape index (κ1) is 23.1. The van der Waals surface area contributed by atoms with Gasteiger partial charge in [0.25, 0.3) is 0 Å². The number of amides is 1. The molecule has 2 aromatic heterocycles. The molecule has 166 valence electrons. The fraction of sp³-hybridized carbons (Fsp3) is 0.350. The number of carbonyl (C=O) groups is 1. The molecule has 0 spiro atoms. The molecule has 0 saturated carbocycles. The number of benzene rings is 1. The lowest BCUT2D eigenvalue weighted by atomic mass is 9.93. The Morgan fingerprint density at radius 3 is 2.48 bits per heavy atom. The van der Waals surface area contributed by atoms with E-state index in [-0.39, 0.29) is 12.0 Å². The third kappa shape index (κ3) is 5.79. The van der Waals surface area contributed by atoms with Crippen LogP contribution in [-0.4, -0.2) is 20.9 Å². The molecular weight excluding hydrogens is 449 g/mol. The van der Waals surface area contributed by atoms with Gasteiger partial charge in [0, 0.05) is 29.1 Å². The minimum Gasteiger partial charge on any atom is -0.442 e. The minimum atomic E-state index is -4.49. The maximum atomic E-state index is 13.6. The van der Waals surface area contributed by atoms with Crippen LogP contribution in [0.25, 0.3) is 11.1 Å². The zero-order valence-corrected chi connectivity index (χ0v) is 18.9. The zero-order valence-electron chi connectivity index (χ0n) is 17.3. The van der Waals surface area contributed by atoms with Crippen LogP contribution in [0, 0.1) is 0 Å². The summed E-state index contributed by atoms with van der Waals surface area (Å²) in [4.78, 5) is 15.9. The summed E-state index contributed by atoms with van der Waals surface area (Å²) in [5, 5.41) is 4.57. The van der Waals surface area contributed by atoms with Crippen molar-refractivity contribution in [3.63, 3.8) is 0 Å². The Hall–Kier alpha value is -2.53. The smallest absolute Gasteiger partial charge is 0.416 e. The van der Waals surface area contributed by atoms with E-state index >= 15 is 0 Å². The van der Waals surface area contributed by atoms with Gasteiger partial charge in [-0.15, -0.1) is 11.3 Å². The van der Waals surface area contributed by atoms with Crippen molar-refractivity contribution >= 4 is 29.2 Å². The van der Waals surface area contributed by atoms with Crippen LogP contribution in [0.4, 0.5) is 18.0 Å². The van der Waals surface area contributed by atoms with Gasteiger partial charge in [0.2, 0.25) is 0 Å². The first-order valence-corrected chi connectivity index (χ1v) is 10.8. The van der Waals surface area contributed by atoms with Crippen molar-refractivity contribution in [2.45, 2.75) is 48.1 Å². The van der Waals surface area contributed by atoms with Crippen molar-refractivity contribution < 1.29 is 22.7 Å². The van der Waals surface area contributed by atoms with Crippen LogP contribution in [-0.2, 0) is 30.0 Å². The molecule has 2 heterocycles. The van der Waals surface area contributed by atoms with Crippen LogP contribution in [0.1, 0.15) is 37.0 Å². The second-order valence-corrected chi connectivity index (χ2v) is 10.3. The highest BCUT2D eigenvalue weighted by atomic mass is 32.2. The van der Waals surface area contributed by atoms with Crippen molar-refractivity contribution in [1.82, 2.24) is 14.8 Å². The molecule has 31 heavy (non-hydrogen) atoms. The van der Waals surface area contributed by atoms with Gasteiger partial charge in [0.1, 0.15) is 11.6 Å². The quantitative estimate of drug-likeness (QED) is 0.524. The summed E-state index contributed by atoms with van der Waals surface area (Å²) in [7, 11) is 1.70. The molecular formula is C20H21F3N4O2S2. The van der Waals surface area contributed by atoms with Crippen molar-refractivity contribution in [2.24, 2.45) is 12.8 Å². The molecule has 0 radical (unpaired) electrons. The van der Waals surface area contributed by atoms with E-state index in [0.29, 0.717) is 26.7 Å². The van der Waals surface area contributed by atoms with E-state index in [1.54, 1.807) is 19.3 Å². The zero-order chi connectivity index (χ0) is 23.0. The van der Waals surface area contributed by atoms with E-state index in [1.807, 2.05) is 20.8 Å². The van der Waals surface area contributed by atoms with Gasteiger partial charge >= 0.3 is 12.3 Å². The summed E-state index contributed by atoms with van der Waals surface area (Å²) >= 11 is 2.46. The fourth-order valence-corrected chi connectivity index (χ4v) is 5.45. The average molecular weight is 471 g/mol. The summed E-state index contributed by atoms with van der Waals surface area (Å²) < 4.78 is 47.8. The molecule has 1 aromatic carbocycles. The number of hydrogen-bond donors (Lipinski definition) is 1. The minimum absolute atomic E-state index is 0.0901. The van der Waals surface area contributed by atoms with Crippen LogP contribution in [0.2, 0.25) is 0 Å². The Morgan fingerprint density at radius 1 is 1.23 bits per heavy atom. The Balaban J connectivity index is 2.04. The maximum Gasteiger partial charge on any atom is 0.416 e. The van der Waals surface area contributed by atoms with Crippen molar-refractivity contribution in [1.29, 1.82) is 0 Å².